The summed E-state index contributed by atoms with van der Waals surface area (Å²) in [6, 6.07) is 14.6. The monoisotopic (exact) mass is 411 g/mol. The van der Waals surface area contributed by atoms with Gasteiger partial charge in [-0.2, -0.15) is 0 Å². The molecule has 160 valence electrons. The molecule has 1 saturated heterocycles. The number of nitrogens with one attached hydrogen (secondary N) is 2. The van der Waals surface area contributed by atoms with Gasteiger partial charge in [0.2, 0.25) is 5.91 Å². The summed E-state index contributed by atoms with van der Waals surface area (Å²) in [6.07, 6.45) is 0.619. The fourth-order valence-electron chi connectivity index (χ4n) is 4.04. The third kappa shape index (κ3) is 5.17. The van der Waals surface area contributed by atoms with E-state index in [1.54, 1.807) is 17.9 Å². The van der Waals surface area contributed by atoms with Crippen LogP contribution in [0.1, 0.15) is 48.9 Å². The molecule has 1 aliphatic rings. The number of nitrogens with zero attached hydrogens (tertiary/aromatic N) is 1. The van der Waals surface area contributed by atoms with E-state index < -0.39 is 0 Å². The van der Waals surface area contributed by atoms with Crippen molar-refractivity contribution in [3.8, 4) is 0 Å². The fourth-order valence-corrected chi connectivity index (χ4v) is 4.04. The second-order valence-electron chi connectivity index (χ2n) is 8.02. The average molecular weight is 412 g/mol. The van der Waals surface area contributed by atoms with Crippen LogP contribution in [0.15, 0.2) is 48.5 Å². The second-order valence-corrected chi connectivity index (χ2v) is 8.02. The Bertz CT molecular complexity index is 887. The lowest BCUT2D eigenvalue weighted by Gasteiger charge is -2.38. The number of urea groups is 1. The number of halogens is 1. The smallest absolute Gasteiger partial charge is 0.317 e. The van der Waals surface area contributed by atoms with E-state index in [4.69, 9.17) is 0 Å². The quantitative estimate of drug-likeness (QED) is 0.777. The Kier molecular flexibility index (Phi) is 7.08. The number of likely N-dealkylation sites (tertiary alicyclic amines) is 1. The lowest BCUT2D eigenvalue weighted by atomic mass is 9.83. The van der Waals surface area contributed by atoms with Crippen LogP contribution in [-0.4, -0.2) is 36.5 Å². The lowest BCUT2D eigenvalue weighted by molar-refractivity contribution is -0.127. The molecular formula is C24H30FN3O2. The third-order valence-corrected chi connectivity index (χ3v) is 5.75. The topological polar surface area (TPSA) is 61.4 Å². The predicted molar refractivity (Wildman–Crippen MR) is 116 cm³/mol. The molecule has 0 bridgehead atoms. The molecule has 1 aliphatic heterocycles. The number of hydrogen-bond donors (Lipinski definition) is 2. The first-order chi connectivity index (χ1) is 14.4. The van der Waals surface area contributed by atoms with Gasteiger partial charge in [0, 0.05) is 25.6 Å². The van der Waals surface area contributed by atoms with E-state index in [1.807, 2.05) is 50.2 Å². The summed E-state index contributed by atoms with van der Waals surface area (Å²) in [5.41, 5.74) is 2.56. The zero-order valence-corrected chi connectivity index (χ0v) is 17.8. The zero-order valence-electron chi connectivity index (χ0n) is 17.8. The van der Waals surface area contributed by atoms with E-state index in [0.29, 0.717) is 31.6 Å². The van der Waals surface area contributed by atoms with Crippen molar-refractivity contribution in [2.24, 2.45) is 5.92 Å². The molecule has 0 aliphatic carbocycles. The standard InChI is InChI=1S/C24H30FN3O2/c1-4-26-24(30)28-14-20(19-10-11-22(25)16(2)12-19)13-21(15-28)23(29)27-17(3)18-8-6-5-7-9-18/h5-12,17,20-21H,4,13-15H2,1-3H3,(H,26,30)(H,27,29)/t17-,20-,21+/m0/s1. The zero-order chi connectivity index (χ0) is 21.7. The van der Waals surface area contributed by atoms with Crippen molar-refractivity contribution in [3.05, 3.63) is 71.0 Å². The summed E-state index contributed by atoms with van der Waals surface area (Å²) < 4.78 is 13.7. The highest BCUT2D eigenvalue weighted by Crippen LogP contribution is 2.32. The molecule has 0 aromatic heterocycles. The molecule has 0 radical (unpaired) electrons. The number of carbonyl (C=O) groups is 2. The van der Waals surface area contributed by atoms with Crippen molar-refractivity contribution in [2.75, 3.05) is 19.6 Å². The molecule has 0 unspecified atom stereocenters. The van der Waals surface area contributed by atoms with E-state index in [9.17, 15) is 14.0 Å². The van der Waals surface area contributed by atoms with Gasteiger partial charge in [0.25, 0.3) is 0 Å². The SMILES string of the molecule is CCNC(=O)N1C[C@H](C(=O)N[C@@H](C)c2ccccc2)C[C@H](c2ccc(F)c(C)c2)C1. The molecule has 3 atom stereocenters. The van der Waals surface area contributed by atoms with Gasteiger partial charge in [-0.05, 0) is 49.9 Å². The Hall–Kier alpha value is -2.89. The Balaban J connectivity index is 1.78. The first-order valence-electron chi connectivity index (χ1n) is 10.5. The predicted octanol–water partition coefficient (Wildman–Crippen LogP) is 4.15. The van der Waals surface area contributed by atoms with Gasteiger partial charge in [-0.25, -0.2) is 9.18 Å². The normalized spacial score (nSPS) is 19.8. The van der Waals surface area contributed by atoms with Gasteiger partial charge in [0.05, 0.1) is 12.0 Å². The first kappa shape index (κ1) is 21.8. The summed E-state index contributed by atoms with van der Waals surface area (Å²) >= 11 is 0. The van der Waals surface area contributed by atoms with Gasteiger partial charge in [-0.3, -0.25) is 4.79 Å². The minimum Gasteiger partial charge on any atom is -0.349 e. The van der Waals surface area contributed by atoms with E-state index in [1.165, 1.54) is 6.07 Å². The molecule has 3 rings (SSSR count). The Morgan fingerprint density at radius 2 is 1.90 bits per heavy atom. The number of carbonyl (C=O) groups excluding carboxylic acids is 2. The Morgan fingerprint density at radius 1 is 1.17 bits per heavy atom. The highest BCUT2D eigenvalue weighted by Gasteiger charge is 2.35. The summed E-state index contributed by atoms with van der Waals surface area (Å²) in [4.78, 5) is 27.3. The fraction of sp³-hybridized carbons (Fsp3) is 0.417. The van der Waals surface area contributed by atoms with Crippen molar-refractivity contribution in [1.82, 2.24) is 15.5 Å². The largest absolute Gasteiger partial charge is 0.349 e. The van der Waals surface area contributed by atoms with Gasteiger partial charge in [0.15, 0.2) is 0 Å². The van der Waals surface area contributed by atoms with Gasteiger partial charge in [-0.1, -0.05) is 42.5 Å². The summed E-state index contributed by atoms with van der Waals surface area (Å²) in [5, 5.41) is 5.92. The summed E-state index contributed by atoms with van der Waals surface area (Å²) in [7, 11) is 0. The molecule has 30 heavy (non-hydrogen) atoms. The molecule has 2 N–H and O–H groups in total. The maximum absolute atomic E-state index is 13.7. The molecule has 0 spiro atoms. The molecular weight excluding hydrogens is 381 g/mol. The van der Waals surface area contributed by atoms with E-state index >= 15 is 0 Å². The third-order valence-electron chi connectivity index (χ3n) is 5.75. The molecule has 3 amide bonds. The molecule has 2 aromatic carbocycles. The van der Waals surface area contributed by atoms with Gasteiger partial charge in [0.1, 0.15) is 5.82 Å². The minimum atomic E-state index is -0.331. The molecule has 1 fully saturated rings. The highest BCUT2D eigenvalue weighted by atomic mass is 19.1. The molecule has 2 aromatic rings. The van der Waals surface area contributed by atoms with Crippen molar-refractivity contribution < 1.29 is 14.0 Å². The number of rotatable bonds is 5. The van der Waals surface area contributed by atoms with E-state index in [0.717, 1.165) is 11.1 Å². The van der Waals surface area contributed by atoms with Crippen LogP contribution in [0, 0.1) is 18.7 Å². The number of hydrogen-bond acceptors (Lipinski definition) is 2. The van der Waals surface area contributed by atoms with Crippen LogP contribution in [0.5, 0.6) is 0 Å². The van der Waals surface area contributed by atoms with Crippen molar-refractivity contribution >= 4 is 11.9 Å². The second kappa shape index (κ2) is 9.74. The van der Waals surface area contributed by atoms with E-state index in [-0.39, 0.29) is 35.6 Å². The van der Waals surface area contributed by atoms with Gasteiger partial charge < -0.3 is 15.5 Å². The molecule has 1 heterocycles. The van der Waals surface area contributed by atoms with Crippen LogP contribution >= 0.6 is 0 Å². The van der Waals surface area contributed by atoms with Crippen LogP contribution in [0.2, 0.25) is 0 Å². The number of amides is 3. The molecule has 5 nitrogen and oxygen atoms in total. The molecule has 0 saturated carbocycles. The van der Waals surface area contributed by atoms with Gasteiger partial charge >= 0.3 is 6.03 Å². The number of benzene rings is 2. The van der Waals surface area contributed by atoms with Crippen LogP contribution in [0.3, 0.4) is 0 Å². The number of aryl methyl sites for hydroxylation is 1. The summed E-state index contributed by atoms with van der Waals surface area (Å²) in [5.74, 6) is -0.670. The van der Waals surface area contributed by atoms with Crippen LogP contribution in [0.4, 0.5) is 9.18 Å². The van der Waals surface area contributed by atoms with E-state index in [2.05, 4.69) is 10.6 Å². The Labute approximate surface area is 177 Å². The van der Waals surface area contributed by atoms with Crippen LogP contribution < -0.4 is 10.6 Å². The van der Waals surface area contributed by atoms with Crippen molar-refractivity contribution in [1.29, 1.82) is 0 Å². The maximum Gasteiger partial charge on any atom is 0.317 e. The summed E-state index contributed by atoms with van der Waals surface area (Å²) in [6.45, 7) is 6.96. The highest BCUT2D eigenvalue weighted by molar-refractivity contribution is 5.81. The van der Waals surface area contributed by atoms with Gasteiger partial charge in [-0.15, -0.1) is 0 Å². The minimum absolute atomic E-state index is 0.0246. The van der Waals surface area contributed by atoms with Crippen LogP contribution in [-0.2, 0) is 4.79 Å². The average Bonchev–Trinajstić information content (AvgIpc) is 2.76. The van der Waals surface area contributed by atoms with Crippen molar-refractivity contribution in [2.45, 2.75) is 39.2 Å². The Morgan fingerprint density at radius 3 is 2.57 bits per heavy atom. The molecule has 6 heteroatoms. The first-order valence-corrected chi connectivity index (χ1v) is 10.5. The van der Waals surface area contributed by atoms with Crippen molar-refractivity contribution in [3.63, 3.8) is 0 Å². The lowest BCUT2D eigenvalue weighted by Crippen LogP contribution is -2.51. The van der Waals surface area contributed by atoms with Crippen LogP contribution in [0.25, 0.3) is 0 Å². The number of piperidine rings is 1. The maximum atomic E-state index is 13.7.